The Morgan fingerprint density at radius 3 is 2.50 bits per heavy atom. The molecule has 0 radical (unpaired) electrons. The molecule has 18 heavy (non-hydrogen) atoms. The Bertz CT molecular complexity index is 392. The SMILES string of the molecule is CCN(CC)C(=O)[C@]12C[C@@H]3CC[C@]1(C)[C@]3(C)CO2. The van der Waals surface area contributed by atoms with Crippen LogP contribution in [0.15, 0.2) is 0 Å². The van der Waals surface area contributed by atoms with Gasteiger partial charge in [-0.1, -0.05) is 13.8 Å². The molecule has 0 spiro atoms. The molecule has 3 heteroatoms. The van der Waals surface area contributed by atoms with Crippen molar-refractivity contribution < 1.29 is 9.53 Å². The van der Waals surface area contributed by atoms with Crippen molar-refractivity contribution >= 4 is 5.91 Å². The maximum Gasteiger partial charge on any atom is 0.255 e. The third kappa shape index (κ3) is 1.05. The zero-order valence-electron chi connectivity index (χ0n) is 12.1. The molecule has 0 aromatic rings. The van der Waals surface area contributed by atoms with Crippen molar-refractivity contribution in [2.75, 3.05) is 19.7 Å². The maximum atomic E-state index is 12.9. The van der Waals surface area contributed by atoms with Gasteiger partial charge in [0.1, 0.15) is 0 Å². The fourth-order valence-corrected chi connectivity index (χ4v) is 5.00. The Hall–Kier alpha value is -0.570. The molecule has 0 N–H and O–H groups in total. The summed E-state index contributed by atoms with van der Waals surface area (Å²) in [7, 11) is 0. The van der Waals surface area contributed by atoms with Crippen LogP contribution in [0.5, 0.6) is 0 Å². The minimum Gasteiger partial charge on any atom is -0.364 e. The van der Waals surface area contributed by atoms with Gasteiger partial charge < -0.3 is 9.64 Å². The van der Waals surface area contributed by atoms with E-state index in [-0.39, 0.29) is 16.7 Å². The van der Waals surface area contributed by atoms with Crippen LogP contribution < -0.4 is 0 Å². The topological polar surface area (TPSA) is 29.5 Å². The van der Waals surface area contributed by atoms with E-state index in [0.717, 1.165) is 32.5 Å². The van der Waals surface area contributed by atoms with Gasteiger partial charge in [0.15, 0.2) is 5.60 Å². The van der Waals surface area contributed by atoms with Crippen LogP contribution in [-0.4, -0.2) is 36.1 Å². The molecule has 1 amide bonds. The summed E-state index contributed by atoms with van der Waals surface area (Å²) in [4.78, 5) is 14.9. The first-order valence-electron chi connectivity index (χ1n) is 7.38. The number of carbonyl (C=O) groups is 1. The van der Waals surface area contributed by atoms with Crippen LogP contribution in [0.2, 0.25) is 0 Å². The summed E-state index contributed by atoms with van der Waals surface area (Å²) >= 11 is 0. The standard InChI is InChI=1S/C15H25NO2/c1-5-16(6-2)12(17)15-9-11-7-8-14(15,4)13(11,3)10-18-15/h11H,5-10H2,1-4H3/t11-,13+,14+,15+/m0/s1. The van der Waals surface area contributed by atoms with Gasteiger partial charge in [0.2, 0.25) is 0 Å². The van der Waals surface area contributed by atoms with Crippen molar-refractivity contribution in [2.24, 2.45) is 16.7 Å². The molecule has 3 nitrogen and oxygen atoms in total. The van der Waals surface area contributed by atoms with Gasteiger partial charge in [0, 0.05) is 23.9 Å². The van der Waals surface area contributed by atoms with Crippen LogP contribution in [0.3, 0.4) is 0 Å². The Balaban J connectivity index is 2.00. The molecule has 4 atom stereocenters. The van der Waals surface area contributed by atoms with E-state index in [1.54, 1.807) is 0 Å². The first-order chi connectivity index (χ1) is 8.45. The number of ether oxygens (including phenoxy) is 1. The highest BCUT2D eigenvalue weighted by Gasteiger charge is 2.78. The second kappa shape index (κ2) is 3.50. The van der Waals surface area contributed by atoms with E-state index in [1.807, 2.05) is 4.90 Å². The number of amides is 1. The third-order valence-corrected chi connectivity index (χ3v) is 6.59. The average Bonchev–Trinajstić information content (AvgIpc) is 2.83. The van der Waals surface area contributed by atoms with Gasteiger partial charge >= 0.3 is 0 Å². The fraction of sp³-hybridized carbons (Fsp3) is 0.933. The van der Waals surface area contributed by atoms with E-state index in [4.69, 9.17) is 4.74 Å². The highest BCUT2D eigenvalue weighted by molar-refractivity contribution is 5.88. The summed E-state index contributed by atoms with van der Waals surface area (Å²) in [6, 6.07) is 0. The summed E-state index contributed by atoms with van der Waals surface area (Å²) < 4.78 is 6.13. The second-order valence-electron chi connectivity index (χ2n) is 6.78. The average molecular weight is 251 g/mol. The summed E-state index contributed by atoms with van der Waals surface area (Å²) in [6.07, 6.45) is 3.39. The molecule has 0 aromatic carbocycles. The Labute approximate surface area is 110 Å². The van der Waals surface area contributed by atoms with Crippen molar-refractivity contribution in [1.82, 2.24) is 4.90 Å². The lowest BCUT2D eigenvalue weighted by Gasteiger charge is -2.42. The van der Waals surface area contributed by atoms with Crippen molar-refractivity contribution in [2.45, 2.75) is 52.6 Å². The number of nitrogens with zero attached hydrogens (tertiary/aromatic N) is 1. The second-order valence-corrected chi connectivity index (χ2v) is 6.78. The summed E-state index contributed by atoms with van der Waals surface area (Å²) in [5, 5.41) is 0. The highest BCUT2D eigenvalue weighted by atomic mass is 16.5. The van der Waals surface area contributed by atoms with E-state index in [1.165, 1.54) is 6.42 Å². The number of likely N-dealkylation sites (N-methyl/N-ethyl adjacent to an activating group) is 1. The molecule has 1 heterocycles. The predicted molar refractivity (Wildman–Crippen MR) is 70.2 cm³/mol. The molecule has 1 saturated heterocycles. The highest BCUT2D eigenvalue weighted by Crippen LogP contribution is 2.75. The van der Waals surface area contributed by atoms with Gasteiger partial charge in [-0.3, -0.25) is 4.79 Å². The normalized spacial score (nSPS) is 48.8. The van der Waals surface area contributed by atoms with E-state index < -0.39 is 5.60 Å². The number of hydrogen-bond donors (Lipinski definition) is 0. The lowest BCUT2D eigenvalue weighted by molar-refractivity contribution is -0.166. The number of hydrogen-bond acceptors (Lipinski definition) is 2. The van der Waals surface area contributed by atoms with Crippen LogP contribution in [-0.2, 0) is 9.53 Å². The minimum absolute atomic E-state index is 0.0599. The molecular weight excluding hydrogens is 226 g/mol. The fourth-order valence-electron chi connectivity index (χ4n) is 5.00. The Morgan fingerprint density at radius 2 is 2.00 bits per heavy atom. The predicted octanol–water partition coefficient (Wildman–Crippen LogP) is 2.45. The number of carbonyl (C=O) groups excluding carboxylic acids is 1. The molecule has 3 aliphatic rings. The van der Waals surface area contributed by atoms with E-state index in [2.05, 4.69) is 27.7 Å². The summed E-state index contributed by atoms with van der Waals surface area (Å²) in [5.74, 6) is 0.941. The molecule has 102 valence electrons. The van der Waals surface area contributed by atoms with E-state index in [0.29, 0.717) is 5.92 Å². The van der Waals surface area contributed by atoms with Gasteiger partial charge in [-0.15, -0.1) is 0 Å². The van der Waals surface area contributed by atoms with Crippen LogP contribution in [0.4, 0.5) is 0 Å². The molecule has 3 fully saturated rings. The van der Waals surface area contributed by atoms with Crippen molar-refractivity contribution in [3.8, 4) is 0 Å². The molecular formula is C15H25NO2. The smallest absolute Gasteiger partial charge is 0.255 e. The van der Waals surface area contributed by atoms with Crippen LogP contribution >= 0.6 is 0 Å². The molecule has 2 aliphatic carbocycles. The molecule has 0 unspecified atom stereocenters. The van der Waals surface area contributed by atoms with Gasteiger partial charge in [-0.2, -0.15) is 0 Å². The zero-order valence-corrected chi connectivity index (χ0v) is 12.1. The Kier molecular flexibility index (Phi) is 2.42. The Morgan fingerprint density at radius 1 is 1.33 bits per heavy atom. The lowest BCUT2D eigenvalue weighted by Crippen LogP contribution is -2.56. The summed E-state index contributed by atoms with van der Waals surface area (Å²) in [6.45, 7) is 11.1. The number of rotatable bonds is 3. The monoisotopic (exact) mass is 251 g/mol. The van der Waals surface area contributed by atoms with Crippen LogP contribution in [0.1, 0.15) is 47.0 Å². The van der Waals surface area contributed by atoms with Crippen LogP contribution in [0, 0.1) is 16.7 Å². The van der Waals surface area contributed by atoms with E-state index in [9.17, 15) is 4.79 Å². The largest absolute Gasteiger partial charge is 0.364 e. The molecule has 0 aromatic heterocycles. The summed E-state index contributed by atoms with van der Waals surface area (Å²) in [5.41, 5.74) is -0.211. The zero-order chi connectivity index (χ0) is 13.2. The van der Waals surface area contributed by atoms with Gasteiger partial charge in [-0.25, -0.2) is 0 Å². The first-order valence-corrected chi connectivity index (χ1v) is 7.38. The quantitative estimate of drug-likeness (QED) is 0.771. The van der Waals surface area contributed by atoms with Crippen LogP contribution in [0.25, 0.3) is 0 Å². The lowest BCUT2D eigenvalue weighted by atomic mass is 9.66. The minimum atomic E-state index is -0.503. The van der Waals surface area contributed by atoms with Crippen molar-refractivity contribution in [3.05, 3.63) is 0 Å². The molecule has 3 rings (SSSR count). The molecule has 2 saturated carbocycles. The van der Waals surface area contributed by atoms with Crippen molar-refractivity contribution in [1.29, 1.82) is 0 Å². The molecule has 1 aliphatic heterocycles. The van der Waals surface area contributed by atoms with Gasteiger partial charge in [-0.05, 0) is 39.0 Å². The molecule has 4 bridgehead atoms. The van der Waals surface area contributed by atoms with Gasteiger partial charge in [0.25, 0.3) is 5.91 Å². The first kappa shape index (κ1) is 12.5. The van der Waals surface area contributed by atoms with E-state index >= 15 is 0 Å². The maximum absolute atomic E-state index is 12.9. The van der Waals surface area contributed by atoms with Gasteiger partial charge in [0.05, 0.1) is 6.61 Å². The van der Waals surface area contributed by atoms with Crippen molar-refractivity contribution in [3.63, 3.8) is 0 Å². The third-order valence-electron chi connectivity index (χ3n) is 6.59.